The van der Waals surface area contributed by atoms with Crippen molar-refractivity contribution in [3.05, 3.63) is 18.0 Å². The molecule has 1 amide bonds. The highest BCUT2D eigenvalue weighted by atomic mass is 16.1. The van der Waals surface area contributed by atoms with Gasteiger partial charge in [-0.15, -0.1) is 0 Å². The van der Waals surface area contributed by atoms with Gasteiger partial charge in [-0.1, -0.05) is 6.92 Å². The zero-order valence-corrected chi connectivity index (χ0v) is 8.16. The van der Waals surface area contributed by atoms with Crippen molar-refractivity contribution in [2.45, 2.75) is 25.8 Å². The Bertz CT molecular complexity index is 351. The van der Waals surface area contributed by atoms with E-state index in [1.165, 1.54) is 12.4 Å². The number of nitrogens with one attached hydrogen (secondary N) is 2. The average molecular weight is 192 g/mol. The second-order valence-electron chi connectivity index (χ2n) is 3.24. The van der Waals surface area contributed by atoms with Crippen molar-refractivity contribution < 1.29 is 4.79 Å². The quantitative estimate of drug-likeness (QED) is 0.744. The van der Waals surface area contributed by atoms with E-state index in [4.69, 9.17) is 5.26 Å². The first-order valence-electron chi connectivity index (χ1n) is 4.34. The summed E-state index contributed by atoms with van der Waals surface area (Å²) in [6.07, 6.45) is 3.47. The van der Waals surface area contributed by atoms with Gasteiger partial charge in [-0.05, 0) is 13.3 Å². The third-order valence-corrected chi connectivity index (χ3v) is 2.10. The summed E-state index contributed by atoms with van der Waals surface area (Å²) in [5.74, 6) is -0.287. The van der Waals surface area contributed by atoms with Gasteiger partial charge in [0.05, 0.1) is 17.8 Å². The number of aromatic amines is 1. The van der Waals surface area contributed by atoms with Crippen LogP contribution in [0.1, 0.15) is 30.6 Å². The Balaban J connectivity index is 2.71. The molecule has 0 fully saturated rings. The van der Waals surface area contributed by atoms with Crippen LogP contribution in [0.3, 0.4) is 0 Å². The Labute approximate surface area is 82.1 Å². The van der Waals surface area contributed by atoms with Crippen LogP contribution in [-0.4, -0.2) is 21.6 Å². The predicted molar refractivity (Wildman–Crippen MR) is 50.4 cm³/mol. The number of nitriles is 1. The first kappa shape index (κ1) is 10.3. The number of hydrogen-bond acceptors (Lipinski definition) is 3. The van der Waals surface area contributed by atoms with Gasteiger partial charge in [-0.25, -0.2) is 0 Å². The van der Waals surface area contributed by atoms with Crippen LogP contribution in [0.4, 0.5) is 0 Å². The van der Waals surface area contributed by atoms with Crippen molar-refractivity contribution >= 4 is 5.91 Å². The van der Waals surface area contributed by atoms with Crippen LogP contribution in [0.5, 0.6) is 0 Å². The van der Waals surface area contributed by atoms with Gasteiger partial charge < -0.3 is 5.32 Å². The lowest BCUT2D eigenvalue weighted by Gasteiger charge is -2.20. The number of nitrogens with zero attached hydrogens (tertiary/aromatic N) is 2. The van der Waals surface area contributed by atoms with Crippen LogP contribution < -0.4 is 5.32 Å². The smallest absolute Gasteiger partial charge is 0.255 e. The van der Waals surface area contributed by atoms with Gasteiger partial charge in [0.15, 0.2) is 0 Å². The van der Waals surface area contributed by atoms with Crippen molar-refractivity contribution in [3.63, 3.8) is 0 Å². The lowest BCUT2D eigenvalue weighted by molar-refractivity contribution is 0.0923. The van der Waals surface area contributed by atoms with Gasteiger partial charge in [0.2, 0.25) is 0 Å². The monoisotopic (exact) mass is 192 g/mol. The molecule has 0 aromatic carbocycles. The summed E-state index contributed by atoms with van der Waals surface area (Å²) in [5, 5.41) is 17.7. The standard InChI is InChI=1S/C9H12N4O/c1-3-9(2,6-10)13-8(14)7-4-11-12-5-7/h4-5H,3H2,1-2H3,(H,11,12)(H,13,14). The summed E-state index contributed by atoms with van der Waals surface area (Å²) >= 11 is 0. The zero-order chi connectivity index (χ0) is 10.6. The van der Waals surface area contributed by atoms with E-state index in [0.29, 0.717) is 12.0 Å². The molecule has 1 unspecified atom stereocenters. The fourth-order valence-corrected chi connectivity index (χ4v) is 0.893. The van der Waals surface area contributed by atoms with Crippen molar-refractivity contribution in [2.75, 3.05) is 0 Å². The van der Waals surface area contributed by atoms with Crippen molar-refractivity contribution in [1.29, 1.82) is 5.26 Å². The first-order valence-corrected chi connectivity index (χ1v) is 4.34. The minimum Gasteiger partial charge on any atom is -0.334 e. The van der Waals surface area contributed by atoms with Gasteiger partial charge in [0.1, 0.15) is 5.54 Å². The molecule has 1 atom stereocenters. The number of carbonyl (C=O) groups excluding carboxylic acids is 1. The van der Waals surface area contributed by atoms with E-state index >= 15 is 0 Å². The van der Waals surface area contributed by atoms with Crippen molar-refractivity contribution in [1.82, 2.24) is 15.5 Å². The van der Waals surface area contributed by atoms with E-state index in [-0.39, 0.29) is 5.91 Å². The minimum absolute atomic E-state index is 0.287. The summed E-state index contributed by atoms with van der Waals surface area (Å²) in [4.78, 5) is 11.5. The van der Waals surface area contributed by atoms with E-state index in [1.807, 2.05) is 6.92 Å². The van der Waals surface area contributed by atoms with Gasteiger partial charge in [-0.2, -0.15) is 10.4 Å². The van der Waals surface area contributed by atoms with Crippen LogP contribution in [0.15, 0.2) is 12.4 Å². The minimum atomic E-state index is -0.811. The maximum absolute atomic E-state index is 11.5. The number of rotatable bonds is 3. The Morgan fingerprint density at radius 3 is 3.00 bits per heavy atom. The molecular weight excluding hydrogens is 180 g/mol. The molecule has 1 rings (SSSR count). The number of H-pyrrole nitrogens is 1. The molecule has 1 aromatic heterocycles. The average Bonchev–Trinajstić information content (AvgIpc) is 2.70. The third kappa shape index (κ3) is 2.10. The topological polar surface area (TPSA) is 81.6 Å². The van der Waals surface area contributed by atoms with E-state index in [1.54, 1.807) is 6.92 Å². The Hall–Kier alpha value is -1.83. The lowest BCUT2D eigenvalue weighted by Crippen LogP contribution is -2.44. The van der Waals surface area contributed by atoms with Crippen LogP contribution >= 0.6 is 0 Å². The summed E-state index contributed by atoms with van der Waals surface area (Å²) in [5.41, 5.74) is -0.381. The zero-order valence-electron chi connectivity index (χ0n) is 8.16. The van der Waals surface area contributed by atoms with E-state index in [2.05, 4.69) is 21.6 Å². The summed E-state index contributed by atoms with van der Waals surface area (Å²) in [6, 6.07) is 2.06. The van der Waals surface area contributed by atoms with Gasteiger partial charge in [0, 0.05) is 6.20 Å². The molecule has 0 saturated heterocycles. The normalized spacial score (nSPS) is 14.1. The highest BCUT2D eigenvalue weighted by molar-refractivity contribution is 5.94. The second-order valence-corrected chi connectivity index (χ2v) is 3.24. The lowest BCUT2D eigenvalue weighted by atomic mass is 10.0. The highest BCUT2D eigenvalue weighted by Crippen LogP contribution is 2.08. The second kappa shape index (κ2) is 3.92. The van der Waals surface area contributed by atoms with Crippen LogP contribution in [-0.2, 0) is 0 Å². The summed E-state index contributed by atoms with van der Waals surface area (Å²) in [6.45, 7) is 3.53. The maximum atomic E-state index is 11.5. The van der Waals surface area contributed by atoms with Gasteiger partial charge in [0.25, 0.3) is 5.91 Å². The fraction of sp³-hybridized carbons (Fsp3) is 0.444. The highest BCUT2D eigenvalue weighted by Gasteiger charge is 2.24. The maximum Gasteiger partial charge on any atom is 0.255 e. The molecule has 1 aromatic rings. The van der Waals surface area contributed by atoms with Crippen LogP contribution in [0, 0.1) is 11.3 Å². The molecule has 2 N–H and O–H groups in total. The van der Waals surface area contributed by atoms with Crippen molar-refractivity contribution in [3.8, 4) is 6.07 Å². The summed E-state index contributed by atoms with van der Waals surface area (Å²) < 4.78 is 0. The molecule has 0 aliphatic carbocycles. The molecule has 0 bridgehead atoms. The SMILES string of the molecule is CCC(C)(C#N)NC(=O)c1cn[nH]c1. The molecule has 0 spiro atoms. The molecule has 74 valence electrons. The molecule has 5 heteroatoms. The number of hydrogen-bond donors (Lipinski definition) is 2. The van der Waals surface area contributed by atoms with E-state index in [0.717, 1.165) is 0 Å². The Morgan fingerprint density at radius 2 is 2.57 bits per heavy atom. The fourth-order valence-electron chi connectivity index (χ4n) is 0.893. The Kier molecular flexibility index (Phi) is 2.87. The van der Waals surface area contributed by atoms with Gasteiger partial charge >= 0.3 is 0 Å². The molecule has 14 heavy (non-hydrogen) atoms. The first-order chi connectivity index (χ1) is 6.61. The van der Waals surface area contributed by atoms with Crippen molar-refractivity contribution in [2.24, 2.45) is 0 Å². The number of aromatic nitrogens is 2. The summed E-state index contributed by atoms with van der Waals surface area (Å²) in [7, 11) is 0. The molecule has 5 nitrogen and oxygen atoms in total. The Morgan fingerprint density at radius 1 is 1.86 bits per heavy atom. The molecule has 0 aliphatic heterocycles. The van der Waals surface area contributed by atoms with E-state index in [9.17, 15) is 4.79 Å². The molecular formula is C9H12N4O. The third-order valence-electron chi connectivity index (χ3n) is 2.10. The largest absolute Gasteiger partial charge is 0.334 e. The molecule has 1 heterocycles. The predicted octanol–water partition coefficient (Wildman–Crippen LogP) is 0.832. The number of amides is 1. The molecule has 0 aliphatic rings. The van der Waals surface area contributed by atoms with E-state index < -0.39 is 5.54 Å². The van der Waals surface area contributed by atoms with Crippen LogP contribution in [0.25, 0.3) is 0 Å². The molecule has 0 radical (unpaired) electrons. The van der Waals surface area contributed by atoms with Crippen LogP contribution in [0.2, 0.25) is 0 Å². The van der Waals surface area contributed by atoms with Gasteiger partial charge in [-0.3, -0.25) is 9.89 Å². The molecule has 0 saturated carbocycles. The number of carbonyl (C=O) groups is 1.